The van der Waals surface area contributed by atoms with Gasteiger partial charge in [-0.3, -0.25) is 0 Å². The third kappa shape index (κ3) is 12.2. The summed E-state index contributed by atoms with van der Waals surface area (Å²) in [4.78, 5) is 10.8. The van der Waals surface area contributed by atoms with E-state index in [1.807, 2.05) is 6.07 Å². The third-order valence-corrected chi connectivity index (χ3v) is 10.2. The van der Waals surface area contributed by atoms with E-state index < -0.39 is 7.26 Å². The van der Waals surface area contributed by atoms with Crippen molar-refractivity contribution in [2.45, 2.75) is 79.1 Å². The zero-order valence-corrected chi connectivity index (χ0v) is 19.5. The molecule has 0 N–H and O–H groups in total. The Morgan fingerprint density at radius 2 is 1.11 bits per heavy atom. The van der Waals surface area contributed by atoms with Gasteiger partial charge in [0.05, 0.1) is 37.3 Å². The molecule has 0 aliphatic rings. The fourth-order valence-electron chi connectivity index (χ4n) is 3.34. The van der Waals surface area contributed by atoms with E-state index in [2.05, 4.69) is 32.4 Å². The molecule has 0 heterocycles. The second-order valence-corrected chi connectivity index (χ2v) is 12.0. The van der Waals surface area contributed by atoms with Gasteiger partial charge >= 0.3 is 5.97 Å². The van der Waals surface area contributed by atoms with Crippen LogP contribution in [0.5, 0.6) is 0 Å². The maximum atomic E-state index is 10.8. The van der Waals surface area contributed by atoms with Crippen LogP contribution in [0, 0.1) is 0 Å². The number of carbonyl (C=O) groups is 1. The molecule has 0 amide bonds. The van der Waals surface area contributed by atoms with Crippen LogP contribution in [0.3, 0.4) is 0 Å². The summed E-state index contributed by atoms with van der Waals surface area (Å²) < 4.78 is 4.50. The summed E-state index contributed by atoms with van der Waals surface area (Å²) >= 11 is 0. The van der Waals surface area contributed by atoms with Crippen molar-refractivity contribution >= 4 is 13.2 Å². The highest BCUT2D eigenvalue weighted by Gasteiger charge is 2.34. The van der Waals surface area contributed by atoms with Crippen molar-refractivity contribution in [3.63, 3.8) is 0 Å². The second kappa shape index (κ2) is 17.2. The molecule has 0 saturated heterocycles. The molecule has 27 heavy (non-hydrogen) atoms. The van der Waals surface area contributed by atoms with Crippen LogP contribution in [0.1, 0.15) is 89.4 Å². The number of ether oxygens (including phenoxy) is 1. The Morgan fingerprint density at radius 1 is 0.741 bits per heavy atom. The Kier molecular flexibility index (Phi) is 16.7. The van der Waals surface area contributed by atoms with Crippen LogP contribution < -0.4 is 0 Å². The first-order valence-electron chi connectivity index (χ1n) is 11.1. The highest BCUT2D eigenvalue weighted by Crippen LogP contribution is 2.61. The molecule has 0 unspecified atom stereocenters. The van der Waals surface area contributed by atoms with E-state index in [0.717, 1.165) is 0 Å². The van der Waals surface area contributed by atoms with Gasteiger partial charge in [0, 0.05) is 7.26 Å². The maximum absolute atomic E-state index is 10.8. The topological polar surface area (TPSA) is 26.3 Å². The Hall–Kier alpha value is -0.880. The highest BCUT2D eigenvalue weighted by atomic mass is 31.2. The van der Waals surface area contributed by atoms with Crippen molar-refractivity contribution in [2.75, 3.05) is 31.8 Å². The van der Waals surface area contributed by atoms with Gasteiger partial charge in [-0.25, -0.2) is 4.79 Å². The third-order valence-electron chi connectivity index (χ3n) is 5.14. The second-order valence-electron chi connectivity index (χ2n) is 7.51. The summed E-state index contributed by atoms with van der Waals surface area (Å²) in [5.74, 6) is -0.291. The number of benzene rings is 1. The molecule has 0 radical (unpaired) electrons. The monoisotopic (exact) mass is 395 g/mol. The van der Waals surface area contributed by atoms with Gasteiger partial charge in [-0.05, 0) is 37.8 Å². The minimum Gasteiger partial charge on any atom is -0.465 e. The normalized spacial score (nSPS) is 10.9. The Bertz CT molecular complexity index is 421. The van der Waals surface area contributed by atoms with Gasteiger partial charge in [0.25, 0.3) is 0 Å². The highest BCUT2D eigenvalue weighted by molar-refractivity contribution is 7.75. The first-order valence-corrected chi connectivity index (χ1v) is 13.6. The first-order chi connectivity index (χ1) is 13.1. The summed E-state index contributed by atoms with van der Waals surface area (Å²) in [6.07, 6.45) is 17.9. The van der Waals surface area contributed by atoms with E-state index in [1.165, 1.54) is 58.5 Å². The predicted molar refractivity (Wildman–Crippen MR) is 124 cm³/mol. The van der Waals surface area contributed by atoms with Crippen LogP contribution in [-0.2, 0) is 4.74 Å². The quantitative estimate of drug-likeness (QED) is 0.253. The van der Waals surface area contributed by atoms with Crippen LogP contribution in [0.15, 0.2) is 30.3 Å². The van der Waals surface area contributed by atoms with Crippen molar-refractivity contribution in [2.24, 2.45) is 0 Å². The van der Waals surface area contributed by atoms with Gasteiger partial charge in [0.2, 0.25) is 0 Å². The fourth-order valence-corrected chi connectivity index (χ4v) is 8.63. The number of hydrogen-bond donors (Lipinski definition) is 0. The number of rotatable bonds is 13. The molecular weight excluding hydrogens is 351 g/mol. The molecule has 0 atom stereocenters. The van der Waals surface area contributed by atoms with Gasteiger partial charge in [-0.15, -0.1) is 0 Å². The zero-order chi connectivity index (χ0) is 20.4. The number of hydrogen-bond acceptors (Lipinski definition) is 2. The minimum atomic E-state index is -0.562. The molecule has 1 aromatic carbocycles. The van der Waals surface area contributed by atoms with E-state index in [1.54, 1.807) is 48.9 Å². The summed E-state index contributed by atoms with van der Waals surface area (Å²) in [7, 11) is 0.808. The largest absolute Gasteiger partial charge is 0.465 e. The standard InChI is InChI=1S/C16H36P.C8H8O2/c1-5-9-13-17(14-10-6-2,15-11-7-3)16-12-8-4;1-10-8(9)7-5-3-2-4-6-7/h5-16H2,1-4H3;2-6H,1H3/q+1;. The molecule has 0 spiro atoms. The van der Waals surface area contributed by atoms with Crippen molar-refractivity contribution in [1.82, 2.24) is 0 Å². The minimum absolute atomic E-state index is 0.291. The molecule has 0 aliphatic carbocycles. The van der Waals surface area contributed by atoms with Gasteiger partial charge < -0.3 is 4.74 Å². The molecular formula is C24H44O2P+. The molecule has 0 aliphatic heterocycles. The average Bonchev–Trinajstić information content (AvgIpc) is 2.73. The van der Waals surface area contributed by atoms with Crippen LogP contribution >= 0.6 is 7.26 Å². The van der Waals surface area contributed by atoms with E-state index in [9.17, 15) is 4.79 Å². The fraction of sp³-hybridized carbons (Fsp3) is 0.708. The van der Waals surface area contributed by atoms with Crippen LogP contribution in [0.4, 0.5) is 0 Å². The van der Waals surface area contributed by atoms with E-state index in [4.69, 9.17) is 0 Å². The van der Waals surface area contributed by atoms with Crippen molar-refractivity contribution in [3.05, 3.63) is 35.9 Å². The molecule has 1 aromatic rings. The van der Waals surface area contributed by atoms with Gasteiger partial charge in [-0.2, -0.15) is 0 Å². The lowest BCUT2D eigenvalue weighted by atomic mass is 10.2. The van der Waals surface area contributed by atoms with Crippen molar-refractivity contribution in [1.29, 1.82) is 0 Å². The van der Waals surface area contributed by atoms with Crippen molar-refractivity contribution in [3.8, 4) is 0 Å². The van der Waals surface area contributed by atoms with Crippen LogP contribution in [-0.4, -0.2) is 37.7 Å². The van der Waals surface area contributed by atoms with Crippen LogP contribution in [0.2, 0.25) is 0 Å². The molecule has 2 nitrogen and oxygen atoms in total. The number of methoxy groups -OCH3 is 1. The smallest absolute Gasteiger partial charge is 0.337 e. The van der Waals surface area contributed by atoms with Gasteiger partial charge in [0.15, 0.2) is 0 Å². The van der Waals surface area contributed by atoms with E-state index >= 15 is 0 Å². The predicted octanol–water partition coefficient (Wildman–Crippen LogP) is 7.68. The number of unbranched alkanes of at least 4 members (excludes halogenated alkanes) is 4. The summed E-state index contributed by atoms with van der Waals surface area (Å²) in [6.45, 7) is 9.42. The molecule has 0 saturated carbocycles. The summed E-state index contributed by atoms with van der Waals surface area (Å²) in [5.41, 5.74) is 0.588. The lowest BCUT2D eigenvalue weighted by molar-refractivity contribution is 0.0600. The molecule has 0 aromatic heterocycles. The Labute approximate surface area is 169 Å². The zero-order valence-electron chi connectivity index (χ0n) is 18.6. The average molecular weight is 396 g/mol. The number of carbonyl (C=O) groups excluding carboxylic acids is 1. The lowest BCUT2D eigenvalue weighted by Gasteiger charge is -2.28. The molecule has 3 heteroatoms. The maximum Gasteiger partial charge on any atom is 0.337 e. The lowest BCUT2D eigenvalue weighted by Crippen LogP contribution is -2.12. The van der Waals surface area contributed by atoms with Gasteiger partial charge in [0.1, 0.15) is 0 Å². The molecule has 156 valence electrons. The molecule has 0 bridgehead atoms. The van der Waals surface area contributed by atoms with Crippen molar-refractivity contribution < 1.29 is 9.53 Å². The Balaban J connectivity index is 0.000000569. The van der Waals surface area contributed by atoms with E-state index in [0.29, 0.717) is 5.56 Å². The van der Waals surface area contributed by atoms with E-state index in [-0.39, 0.29) is 5.97 Å². The first kappa shape index (κ1) is 26.1. The molecule has 0 fully saturated rings. The van der Waals surface area contributed by atoms with Crippen LogP contribution in [0.25, 0.3) is 0 Å². The summed E-state index contributed by atoms with van der Waals surface area (Å²) in [5, 5.41) is 0. The van der Waals surface area contributed by atoms with Gasteiger partial charge in [-0.1, -0.05) is 71.6 Å². The number of esters is 1. The SMILES string of the molecule is CCCC[P+](CCCC)(CCCC)CCCC.COC(=O)c1ccccc1. The molecule has 1 rings (SSSR count). The Morgan fingerprint density at radius 3 is 1.41 bits per heavy atom. The summed E-state index contributed by atoms with van der Waals surface area (Å²) in [6, 6.07) is 8.88.